The van der Waals surface area contributed by atoms with Crippen molar-refractivity contribution >= 4 is 26.9 Å². The normalized spacial score (nSPS) is 14.1. The van der Waals surface area contributed by atoms with E-state index in [1.165, 1.54) is 13.4 Å². The molecule has 0 unspecified atom stereocenters. The number of fused-ring (bicyclic) bond motifs is 1. The van der Waals surface area contributed by atoms with Gasteiger partial charge in [0.05, 0.1) is 36.0 Å². The van der Waals surface area contributed by atoms with Crippen LogP contribution in [0.5, 0.6) is 5.75 Å². The summed E-state index contributed by atoms with van der Waals surface area (Å²) in [7, 11) is -1.63. The van der Waals surface area contributed by atoms with Gasteiger partial charge < -0.3 is 15.0 Å². The molecule has 0 radical (unpaired) electrons. The summed E-state index contributed by atoms with van der Waals surface area (Å²) < 4.78 is 29.8. The Kier molecular flexibility index (Phi) is 5.10. The summed E-state index contributed by atoms with van der Waals surface area (Å²) in [6, 6.07) is 5.21. The van der Waals surface area contributed by atoms with Gasteiger partial charge in [0.1, 0.15) is 15.4 Å². The van der Waals surface area contributed by atoms with E-state index >= 15 is 0 Å². The molecule has 3 heterocycles. The molecular formula is C20H22N4O5S. The third-order valence-corrected chi connectivity index (χ3v) is 5.99. The summed E-state index contributed by atoms with van der Waals surface area (Å²) in [6.45, 7) is 0. The Morgan fingerprint density at radius 2 is 2.13 bits per heavy atom. The van der Waals surface area contributed by atoms with Gasteiger partial charge in [-0.1, -0.05) is 0 Å². The number of rotatable bonds is 7. The molecule has 1 saturated carbocycles. The van der Waals surface area contributed by atoms with Crippen molar-refractivity contribution in [2.45, 2.75) is 25.2 Å². The molecule has 10 heteroatoms. The molecule has 2 N–H and O–H groups in total. The number of aromatic nitrogens is 3. The van der Waals surface area contributed by atoms with E-state index in [0.717, 1.165) is 18.4 Å². The minimum absolute atomic E-state index is 0.00165. The molecular weight excluding hydrogens is 408 g/mol. The van der Waals surface area contributed by atoms with E-state index in [0.29, 0.717) is 22.6 Å². The minimum Gasteiger partial charge on any atom is -0.493 e. The summed E-state index contributed by atoms with van der Waals surface area (Å²) in [5, 5.41) is 7.15. The summed E-state index contributed by atoms with van der Waals surface area (Å²) >= 11 is 0. The van der Waals surface area contributed by atoms with Crippen molar-refractivity contribution in [2.24, 2.45) is 0 Å². The topological polar surface area (TPSA) is 123 Å². The second-order valence-corrected chi connectivity index (χ2v) is 9.77. The largest absolute Gasteiger partial charge is 0.493 e. The van der Waals surface area contributed by atoms with Crippen LogP contribution in [-0.2, 0) is 16.3 Å². The summed E-state index contributed by atoms with van der Waals surface area (Å²) in [5.41, 5.74) is 2.12. The van der Waals surface area contributed by atoms with E-state index in [1.54, 1.807) is 35.1 Å². The molecule has 1 aliphatic rings. The number of ether oxygens (including phenoxy) is 1. The van der Waals surface area contributed by atoms with Crippen LogP contribution in [0, 0.1) is 0 Å². The fourth-order valence-corrected chi connectivity index (χ4v) is 3.97. The quantitative estimate of drug-likeness (QED) is 0.589. The van der Waals surface area contributed by atoms with E-state index in [1.807, 2.05) is 0 Å². The predicted molar refractivity (Wildman–Crippen MR) is 112 cm³/mol. The molecule has 4 rings (SSSR count). The van der Waals surface area contributed by atoms with Crippen molar-refractivity contribution < 1.29 is 17.9 Å². The third kappa shape index (κ3) is 4.23. The molecule has 0 spiro atoms. The second kappa shape index (κ2) is 7.60. The monoisotopic (exact) mass is 430 g/mol. The lowest BCUT2D eigenvalue weighted by atomic mass is 10.1. The van der Waals surface area contributed by atoms with Gasteiger partial charge in [0, 0.05) is 18.9 Å². The average Bonchev–Trinajstić information content (AvgIpc) is 3.45. The number of hydrogen-bond acceptors (Lipinski definition) is 6. The molecule has 0 atom stereocenters. The van der Waals surface area contributed by atoms with Gasteiger partial charge in [-0.05, 0) is 42.5 Å². The van der Waals surface area contributed by atoms with Crippen LogP contribution in [0.4, 0.5) is 5.69 Å². The SMILES string of the molecule is COc1cn2nc(CCS(C)(=O)=O)cc2cc1NC(=O)c1c(C2CC2)cc[nH]c1=O. The van der Waals surface area contributed by atoms with Gasteiger partial charge in [-0.25, -0.2) is 12.9 Å². The zero-order chi connectivity index (χ0) is 21.5. The number of carbonyl (C=O) groups excluding carboxylic acids is 1. The highest BCUT2D eigenvalue weighted by Crippen LogP contribution is 2.41. The molecule has 3 aromatic heterocycles. The van der Waals surface area contributed by atoms with E-state index in [-0.39, 0.29) is 23.7 Å². The van der Waals surface area contributed by atoms with Gasteiger partial charge in [0.25, 0.3) is 11.5 Å². The lowest BCUT2D eigenvalue weighted by Gasteiger charge is -2.12. The van der Waals surface area contributed by atoms with Crippen molar-refractivity contribution in [2.75, 3.05) is 24.4 Å². The number of sulfone groups is 1. The van der Waals surface area contributed by atoms with Crippen LogP contribution in [0.15, 0.2) is 35.4 Å². The molecule has 1 aliphatic carbocycles. The van der Waals surface area contributed by atoms with Crippen LogP contribution in [0.2, 0.25) is 0 Å². The molecule has 1 fully saturated rings. The smallest absolute Gasteiger partial charge is 0.261 e. The van der Waals surface area contributed by atoms with Crippen LogP contribution < -0.4 is 15.6 Å². The Bertz CT molecular complexity index is 1290. The van der Waals surface area contributed by atoms with Crippen LogP contribution in [0.25, 0.3) is 5.52 Å². The Morgan fingerprint density at radius 3 is 2.80 bits per heavy atom. The maximum absolute atomic E-state index is 12.9. The van der Waals surface area contributed by atoms with Crippen molar-refractivity contribution in [1.29, 1.82) is 0 Å². The molecule has 0 bridgehead atoms. The molecule has 1 amide bonds. The average molecular weight is 430 g/mol. The first kappa shape index (κ1) is 20.1. The van der Waals surface area contributed by atoms with Crippen molar-refractivity contribution in [3.63, 3.8) is 0 Å². The van der Waals surface area contributed by atoms with E-state index in [9.17, 15) is 18.0 Å². The number of aromatic amines is 1. The molecule has 0 saturated heterocycles. The summed E-state index contributed by atoms with van der Waals surface area (Å²) in [5.74, 6) is 0.107. The van der Waals surface area contributed by atoms with Gasteiger partial charge in [-0.2, -0.15) is 5.10 Å². The Labute approximate surface area is 173 Å². The van der Waals surface area contributed by atoms with Crippen molar-refractivity contribution in [3.8, 4) is 5.75 Å². The Morgan fingerprint density at radius 1 is 1.37 bits per heavy atom. The number of nitrogens with zero attached hydrogens (tertiary/aromatic N) is 2. The predicted octanol–water partition coefficient (Wildman–Crippen LogP) is 1.75. The highest BCUT2D eigenvalue weighted by molar-refractivity contribution is 7.90. The van der Waals surface area contributed by atoms with Crippen LogP contribution >= 0.6 is 0 Å². The Hall–Kier alpha value is -3.14. The standard InChI is InChI=1S/C20H22N4O5S/c1-29-17-11-24-14(9-13(23-24)6-8-30(2,27)28)10-16(17)22-20(26)18-15(12-3-4-12)5-7-21-19(18)25/h5,7,9-12H,3-4,6,8H2,1-2H3,(H,21,25)(H,22,26). The molecule has 9 nitrogen and oxygen atoms in total. The fraction of sp³-hybridized carbons (Fsp3) is 0.350. The minimum atomic E-state index is -3.10. The van der Waals surface area contributed by atoms with Gasteiger partial charge in [0.15, 0.2) is 5.75 Å². The number of pyridine rings is 2. The first-order chi connectivity index (χ1) is 14.2. The van der Waals surface area contributed by atoms with E-state index < -0.39 is 21.3 Å². The third-order valence-electron chi connectivity index (χ3n) is 5.05. The van der Waals surface area contributed by atoms with E-state index in [4.69, 9.17) is 4.74 Å². The number of anilines is 1. The number of aryl methyl sites for hydroxylation is 1. The van der Waals surface area contributed by atoms with Crippen molar-refractivity contribution in [3.05, 3.63) is 57.8 Å². The van der Waals surface area contributed by atoms with Crippen LogP contribution in [-0.4, -0.2) is 48.0 Å². The highest BCUT2D eigenvalue weighted by Gasteiger charge is 2.30. The second-order valence-electron chi connectivity index (χ2n) is 7.51. The number of amides is 1. The number of methoxy groups -OCH3 is 1. The number of nitrogens with one attached hydrogen (secondary N) is 2. The highest BCUT2D eigenvalue weighted by atomic mass is 32.2. The van der Waals surface area contributed by atoms with E-state index in [2.05, 4.69) is 15.4 Å². The maximum atomic E-state index is 12.9. The summed E-state index contributed by atoms with van der Waals surface area (Å²) in [6.07, 6.45) is 6.56. The molecule has 158 valence electrons. The molecule has 30 heavy (non-hydrogen) atoms. The fourth-order valence-electron chi connectivity index (χ4n) is 3.39. The molecule has 3 aromatic rings. The summed E-state index contributed by atoms with van der Waals surface area (Å²) in [4.78, 5) is 27.8. The number of hydrogen-bond donors (Lipinski definition) is 2. The zero-order valence-electron chi connectivity index (χ0n) is 16.6. The first-order valence-corrected chi connectivity index (χ1v) is 11.6. The van der Waals surface area contributed by atoms with Crippen LogP contribution in [0.1, 0.15) is 40.4 Å². The zero-order valence-corrected chi connectivity index (χ0v) is 17.5. The molecule has 0 aromatic carbocycles. The van der Waals surface area contributed by atoms with Gasteiger partial charge in [-0.3, -0.25) is 9.59 Å². The Balaban J connectivity index is 1.65. The number of H-pyrrole nitrogens is 1. The van der Waals surface area contributed by atoms with Gasteiger partial charge >= 0.3 is 0 Å². The lowest BCUT2D eigenvalue weighted by molar-refractivity contribution is 0.102. The van der Waals surface area contributed by atoms with Crippen molar-refractivity contribution in [1.82, 2.24) is 14.6 Å². The lowest BCUT2D eigenvalue weighted by Crippen LogP contribution is -2.25. The van der Waals surface area contributed by atoms with Crippen LogP contribution in [0.3, 0.4) is 0 Å². The first-order valence-electron chi connectivity index (χ1n) is 9.52. The number of carbonyl (C=O) groups is 1. The molecule has 0 aliphatic heterocycles. The maximum Gasteiger partial charge on any atom is 0.261 e. The van der Waals surface area contributed by atoms with Gasteiger partial charge in [-0.15, -0.1) is 0 Å². The van der Waals surface area contributed by atoms with Gasteiger partial charge in [0.2, 0.25) is 0 Å².